The van der Waals surface area contributed by atoms with Crippen LogP contribution in [0.1, 0.15) is 26.3 Å². The molecule has 0 unspecified atom stereocenters. The second kappa shape index (κ2) is 10.4. The normalized spacial score (nSPS) is 10.8. The number of nitrogens with one attached hydrogen (secondary N) is 3. The Morgan fingerprint density at radius 3 is 2.42 bits per heavy atom. The van der Waals surface area contributed by atoms with Crippen LogP contribution in [0.3, 0.4) is 0 Å². The number of carbonyl (C=O) groups is 3. The third-order valence-electron chi connectivity index (χ3n) is 3.08. The van der Waals surface area contributed by atoms with Crippen molar-refractivity contribution in [1.82, 2.24) is 16.0 Å². The lowest BCUT2D eigenvalue weighted by Crippen LogP contribution is -2.43. The van der Waals surface area contributed by atoms with Gasteiger partial charge in [0.15, 0.2) is 0 Å². The quantitative estimate of drug-likeness (QED) is 0.635. The second-order valence-electron chi connectivity index (χ2n) is 6.61. The maximum Gasteiger partial charge on any atom is 0.414 e. The molecule has 0 radical (unpaired) electrons. The average Bonchev–Trinajstić information content (AvgIpc) is 2.53. The summed E-state index contributed by atoms with van der Waals surface area (Å²) in [6.07, 6.45) is -0.144. The summed E-state index contributed by atoms with van der Waals surface area (Å²) in [4.78, 5) is 34.7. The van der Waals surface area contributed by atoms with Crippen LogP contribution < -0.4 is 20.7 Å². The number of hydrogen-bond acceptors (Lipinski definition) is 6. The number of methoxy groups -OCH3 is 1. The van der Waals surface area contributed by atoms with Crippen molar-refractivity contribution in [2.45, 2.75) is 32.8 Å². The van der Waals surface area contributed by atoms with E-state index in [4.69, 9.17) is 9.47 Å². The van der Waals surface area contributed by atoms with Gasteiger partial charge in [-0.05, 0) is 44.9 Å². The highest BCUT2D eigenvalue weighted by atomic mass is 16.6. The van der Waals surface area contributed by atoms with Gasteiger partial charge in [0.1, 0.15) is 11.4 Å². The van der Waals surface area contributed by atoms with Crippen molar-refractivity contribution in [3.05, 3.63) is 29.8 Å². The van der Waals surface area contributed by atoms with E-state index in [0.29, 0.717) is 13.0 Å². The molecule has 3 N–H and O–H groups in total. The monoisotopic (exact) mass is 365 g/mol. The Morgan fingerprint density at radius 1 is 1.08 bits per heavy atom. The van der Waals surface area contributed by atoms with Gasteiger partial charge in [-0.2, -0.15) is 0 Å². The molecule has 0 aliphatic carbocycles. The van der Waals surface area contributed by atoms with Crippen LogP contribution in [0.2, 0.25) is 0 Å². The van der Waals surface area contributed by atoms with Crippen LogP contribution in [0, 0.1) is 0 Å². The van der Waals surface area contributed by atoms with Crippen LogP contribution in [0.25, 0.3) is 0 Å². The maximum absolute atomic E-state index is 11.7. The van der Waals surface area contributed by atoms with Gasteiger partial charge in [-0.1, -0.05) is 12.1 Å². The number of amides is 3. The smallest absolute Gasteiger partial charge is 0.414 e. The van der Waals surface area contributed by atoms with Gasteiger partial charge in [0, 0.05) is 6.54 Å². The molecule has 1 rings (SSSR count). The van der Waals surface area contributed by atoms with E-state index in [2.05, 4.69) is 16.0 Å². The number of rotatable bonds is 8. The van der Waals surface area contributed by atoms with E-state index in [1.807, 2.05) is 24.3 Å². The van der Waals surface area contributed by atoms with Crippen molar-refractivity contribution in [2.24, 2.45) is 0 Å². The number of imide groups is 1. The van der Waals surface area contributed by atoms with Crippen LogP contribution in [0.5, 0.6) is 5.75 Å². The number of carbonyl (C=O) groups excluding carboxylic acids is 3. The van der Waals surface area contributed by atoms with E-state index in [9.17, 15) is 14.4 Å². The summed E-state index contributed by atoms with van der Waals surface area (Å²) in [5.74, 6) is -0.0344. The van der Waals surface area contributed by atoms with Gasteiger partial charge in [0.05, 0.1) is 20.2 Å². The Kier molecular flexibility index (Phi) is 8.57. The Labute approximate surface area is 153 Å². The molecule has 0 atom stereocenters. The van der Waals surface area contributed by atoms with E-state index in [0.717, 1.165) is 11.3 Å². The molecule has 0 bridgehead atoms. The van der Waals surface area contributed by atoms with E-state index in [1.54, 1.807) is 27.9 Å². The molecule has 0 heterocycles. The molecule has 8 nitrogen and oxygen atoms in total. The summed E-state index contributed by atoms with van der Waals surface area (Å²) in [5.41, 5.74) is 0.370. The van der Waals surface area contributed by atoms with Crippen molar-refractivity contribution in [2.75, 3.05) is 26.7 Å². The molecule has 0 saturated carbocycles. The lowest BCUT2D eigenvalue weighted by atomic mass is 10.1. The fraction of sp³-hybridized carbons (Fsp3) is 0.500. The maximum atomic E-state index is 11.7. The molecule has 1 aromatic carbocycles. The molecule has 3 amide bonds. The Balaban J connectivity index is 2.18. The zero-order chi connectivity index (χ0) is 19.6. The van der Waals surface area contributed by atoms with E-state index in [-0.39, 0.29) is 19.0 Å². The van der Waals surface area contributed by atoms with Crippen LogP contribution >= 0.6 is 0 Å². The highest BCUT2D eigenvalue weighted by Crippen LogP contribution is 2.12. The molecule has 8 heteroatoms. The molecule has 1 aromatic rings. The van der Waals surface area contributed by atoms with E-state index < -0.39 is 17.6 Å². The number of alkyl carbamates (subject to hydrolysis) is 1. The molecule has 0 aromatic heterocycles. The van der Waals surface area contributed by atoms with E-state index >= 15 is 0 Å². The molecule has 26 heavy (non-hydrogen) atoms. The Morgan fingerprint density at radius 2 is 1.77 bits per heavy atom. The summed E-state index contributed by atoms with van der Waals surface area (Å²) in [7, 11) is 1.60. The highest BCUT2D eigenvalue weighted by molar-refractivity contribution is 5.93. The van der Waals surface area contributed by atoms with Gasteiger partial charge >= 0.3 is 6.09 Å². The minimum absolute atomic E-state index is 0.0279. The number of benzene rings is 1. The highest BCUT2D eigenvalue weighted by Gasteiger charge is 2.17. The van der Waals surface area contributed by atoms with Crippen molar-refractivity contribution in [3.63, 3.8) is 0 Å². The standard InChI is InChI=1S/C18H27N3O5/c1-18(2,3)26-17(24)21-16(23)12-19-11-15(22)20-9-8-13-6-5-7-14(10-13)25-4/h5-7,10,19H,8-9,11-12H2,1-4H3,(H,20,22)(H,21,23,24). The predicted molar refractivity (Wildman–Crippen MR) is 97.0 cm³/mol. The van der Waals surface area contributed by atoms with Crippen molar-refractivity contribution >= 4 is 17.9 Å². The minimum atomic E-state index is -0.813. The summed E-state index contributed by atoms with van der Waals surface area (Å²) in [5, 5.41) is 7.50. The number of ether oxygens (including phenoxy) is 2. The Hall–Kier alpha value is -2.61. The molecule has 0 aliphatic heterocycles. The summed E-state index contributed by atoms with van der Waals surface area (Å²) in [6, 6.07) is 7.61. The van der Waals surface area contributed by atoms with Crippen LogP contribution in [0.15, 0.2) is 24.3 Å². The molecule has 0 aliphatic rings. The van der Waals surface area contributed by atoms with Gasteiger partial charge in [0.25, 0.3) is 0 Å². The summed E-state index contributed by atoms with van der Waals surface area (Å²) < 4.78 is 10.1. The van der Waals surface area contributed by atoms with Crippen LogP contribution in [-0.4, -0.2) is 50.3 Å². The molecule has 0 spiro atoms. The first-order chi connectivity index (χ1) is 12.2. The third kappa shape index (κ3) is 9.63. The fourth-order valence-electron chi connectivity index (χ4n) is 1.99. The first kappa shape index (κ1) is 21.4. The van der Waals surface area contributed by atoms with Crippen LogP contribution in [0.4, 0.5) is 4.79 Å². The van der Waals surface area contributed by atoms with Gasteiger partial charge < -0.3 is 14.8 Å². The van der Waals surface area contributed by atoms with Gasteiger partial charge in [-0.3, -0.25) is 20.2 Å². The van der Waals surface area contributed by atoms with E-state index in [1.165, 1.54) is 0 Å². The number of hydrogen-bond donors (Lipinski definition) is 3. The van der Waals surface area contributed by atoms with Gasteiger partial charge in [0.2, 0.25) is 11.8 Å². The molecular formula is C18H27N3O5. The largest absolute Gasteiger partial charge is 0.497 e. The van der Waals surface area contributed by atoms with Crippen molar-refractivity contribution in [3.8, 4) is 5.75 Å². The van der Waals surface area contributed by atoms with Gasteiger partial charge in [-0.25, -0.2) is 4.79 Å². The summed E-state index contributed by atoms with van der Waals surface area (Å²) in [6.45, 7) is 5.38. The first-order valence-electron chi connectivity index (χ1n) is 8.33. The predicted octanol–water partition coefficient (Wildman–Crippen LogP) is 0.995. The SMILES string of the molecule is COc1cccc(CCNC(=O)CNCC(=O)NC(=O)OC(C)(C)C)c1. The zero-order valence-corrected chi connectivity index (χ0v) is 15.7. The first-order valence-corrected chi connectivity index (χ1v) is 8.33. The topological polar surface area (TPSA) is 106 Å². The lowest BCUT2D eigenvalue weighted by Gasteiger charge is -2.19. The molecular weight excluding hydrogens is 338 g/mol. The van der Waals surface area contributed by atoms with Crippen LogP contribution in [-0.2, 0) is 20.7 Å². The second-order valence-corrected chi connectivity index (χ2v) is 6.61. The fourth-order valence-corrected chi connectivity index (χ4v) is 1.99. The molecule has 0 saturated heterocycles. The molecule has 144 valence electrons. The molecule has 0 fully saturated rings. The van der Waals surface area contributed by atoms with Crippen molar-refractivity contribution < 1.29 is 23.9 Å². The minimum Gasteiger partial charge on any atom is -0.497 e. The van der Waals surface area contributed by atoms with Crippen molar-refractivity contribution in [1.29, 1.82) is 0 Å². The lowest BCUT2D eigenvalue weighted by molar-refractivity contribution is -0.121. The zero-order valence-electron chi connectivity index (χ0n) is 15.7. The van der Waals surface area contributed by atoms with Gasteiger partial charge in [-0.15, -0.1) is 0 Å². The summed E-state index contributed by atoms with van der Waals surface area (Å²) >= 11 is 0. The average molecular weight is 365 g/mol. The Bertz CT molecular complexity index is 625. The third-order valence-corrected chi connectivity index (χ3v) is 3.08.